The number of piperidine rings is 1. The molecule has 3 heterocycles. The Morgan fingerprint density at radius 3 is 2.33 bits per heavy atom. The van der Waals surface area contributed by atoms with Crippen LogP contribution in [0.2, 0.25) is 0 Å². The summed E-state index contributed by atoms with van der Waals surface area (Å²) in [7, 11) is 0. The van der Waals surface area contributed by atoms with Crippen LogP contribution in [0.25, 0.3) is 11.4 Å². The van der Waals surface area contributed by atoms with Crippen molar-refractivity contribution in [2.45, 2.75) is 45.1 Å². The number of benzene rings is 2. The Kier molecular flexibility index (Phi) is 7.71. The second kappa shape index (κ2) is 11.5. The SMILES string of the molecule is O=C(Nc1ccccc1C(=O)N1CCCCCC1)C1CCN(Cc2nc(-c3ccccc3)no2)CC1. The van der Waals surface area contributed by atoms with Crippen molar-refractivity contribution in [2.24, 2.45) is 5.92 Å². The largest absolute Gasteiger partial charge is 0.339 e. The van der Waals surface area contributed by atoms with Gasteiger partial charge in [0.15, 0.2) is 0 Å². The zero-order chi connectivity index (χ0) is 24.7. The first-order valence-corrected chi connectivity index (χ1v) is 13.0. The summed E-state index contributed by atoms with van der Waals surface area (Å²) in [4.78, 5) is 35.0. The van der Waals surface area contributed by atoms with Crippen molar-refractivity contribution in [1.82, 2.24) is 19.9 Å². The Hall–Kier alpha value is -3.52. The van der Waals surface area contributed by atoms with E-state index in [0.717, 1.165) is 57.4 Å². The molecule has 188 valence electrons. The van der Waals surface area contributed by atoms with Crippen molar-refractivity contribution >= 4 is 17.5 Å². The molecule has 2 aromatic carbocycles. The number of carbonyl (C=O) groups is 2. The van der Waals surface area contributed by atoms with E-state index in [0.29, 0.717) is 29.5 Å². The minimum absolute atomic E-state index is 0.0112. The smallest absolute Gasteiger partial charge is 0.255 e. The molecule has 0 bridgehead atoms. The van der Waals surface area contributed by atoms with Gasteiger partial charge in [0.25, 0.3) is 5.91 Å². The molecule has 8 heteroatoms. The fourth-order valence-electron chi connectivity index (χ4n) is 5.03. The summed E-state index contributed by atoms with van der Waals surface area (Å²) in [5.74, 6) is 1.07. The summed E-state index contributed by atoms with van der Waals surface area (Å²) in [5, 5.41) is 7.15. The van der Waals surface area contributed by atoms with E-state index in [9.17, 15) is 9.59 Å². The lowest BCUT2D eigenvalue weighted by Gasteiger charge is -2.30. The molecule has 2 aliphatic rings. The molecule has 3 aromatic rings. The van der Waals surface area contributed by atoms with Crippen LogP contribution in [0, 0.1) is 5.92 Å². The van der Waals surface area contributed by atoms with Gasteiger partial charge in [0.1, 0.15) is 0 Å². The average molecular weight is 488 g/mol. The molecule has 0 spiro atoms. The summed E-state index contributed by atoms with van der Waals surface area (Å²) in [6, 6.07) is 17.1. The number of anilines is 1. The number of nitrogens with zero attached hydrogens (tertiary/aromatic N) is 4. The van der Waals surface area contributed by atoms with Gasteiger partial charge in [0, 0.05) is 24.6 Å². The van der Waals surface area contributed by atoms with Gasteiger partial charge in [-0.2, -0.15) is 4.98 Å². The highest BCUT2D eigenvalue weighted by molar-refractivity contribution is 6.04. The molecule has 2 amide bonds. The van der Waals surface area contributed by atoms with Gasteiger partial charge < -0.3 is 14.7 Å². The molecule has 2 fully saturated rings. The van der Waals surface area contributed by atoms with Crippen molar-refractivity contribution < 1.29 is 14.1 Å². The van der Waals surface area contributed by atoms with E-state index in [1.54, 1.807) is 0 Å². The van der Waals surface area contributed by atoms with Crippen LogP contribution in [0.5, 0.6) is 0 Å². The van der Waals surface area contributed by atoms with Crippen LogP contribution in [-0.2, 0) is 11.3 Å². The normalized spacial score (nSPS) is 17.5. The zero-order valence-electron chi connectivity index (χ0n) is 20.6. The topological polar surface area (TPSA) is 91.6 Å². The lowest BCUT2D eigenvalue weighted by molar-refractivity contribution is -0.121. The Balaban J connectivity index is 1.15. The maximum absolute atomic E-state index is 13.2. The fraction of sp³-hybridized carbons (Fsp3) is 0.429. The van der Waals surface area contributed by atoms with Crippen LogP contribution in [-0.4, -0.2) is 57.9 Å². The first-order valence-electron chi connectivity index (χ1n) is 13.0. The Morgan fingerprint density at radius 1 is 0.889 bits per heavy atom. The van der Waals surface area contributed by atoms with Gasteiger partial charge in [0.2, 0.25) is 17.6 Å². The van der Waals surface area contributed by atoms with Gasteiger partial charge in [-0.1, -0.05) is 60.5 Å². The van der Waals surface area contributed by atoms with Gasteiger partial charge >= 0.3 is 0 Å². The number of amides is 2. The van der Waals surface area contributed by atoms with E-state index >= 15 is 0 Å². The van der Waals surface area contributed by atoms with Crippen molar-refractivity contribution in [3.05, 3.63) is 66.1 Å². The zero-order valence-corrected chi connectivity index (χ0v) is 20.6. The summed E-state index contributed by atoms with van der Waals surface area (Å²) in [6.45, 7) is 3.69. The van der Waals surface area contributed by atoms with Crippen LogP contribution >= 0.6 is 0 Å². The molecule has 36 heavy (non-hydrogen) atoms. The summed E-state index contributed by atoms with van der Waals surface area (Å²) in [6.07, 6.45) is 5.90. The maximum atomic E-state index is 13.2. The van der Waals surface area contributed by atoms with Crippen molar-refractivity contribution in [2.75, 3.05) is 31.5 Å². The molecule has 8 nitrogen and oxygen atoms in total. The standard InChI is InChI=1S/C28H33N5O3/c34-27(29-24-13-7-6-12-23(24)28(35)33-16-8-1-2-9-17-33)22-14-18-32(19-15-22)20-25-30-26(31-36-25)21-10-4-3-5-11-21/h3-7,10-13,22H,1-2,8-9,14-20H2,(H,29,34). The molecule has 1 aromatic heterocycles. The first-order chi connectivity index (χ1) is 17.7. The third kappa shape index (κ3) is 5.82. The molecular formula is C28H33N5O3. The number of para-hydroxylation sites is 1. The molecule has 5 rings (SSSR count). The molecule has 0 aliphatic carbocycles. The van der Waals surface area contributed by atoms with E-state index in [1.165, 1.54) is 12.8 Å². The van der Waals surface area contributed by atoms with Crippen LogP contribution < -0.4 is 5.32 Å². The van der Waals surface area contributed by atoms with Gasteiger partial charge in [-0.3, -0.25) is 14.5 Å². The van der Waals surface area contributed by atoms with Gasteiger partial charge in [-0.25, -0.2) is 0 Å². The van der Waals surface area contributed by atoms with Crippen LogP contribution in [0.3, 0.4) is 0 Å². The summed E-state index contributed by atoms with van der Waals surface area (Å²) >= 11 is 0. The number of carbonyl (C=O) groups excluding carboxylic acids is 2. The Bertz CT molecular complexity index is 1160. The first kappa shape index (κ1) is 24.2. The number of hydrogen-bond acceptors (Lipinski definition) is 6. The predicted molar refractivity (Wildman–Crippen MR) is 137 cm³/mol. The number of nitrogens with one attached hydrogen (secondary N) is 1. The number of hydrogen-bond donors (Lipinski definition) is 1. The van der Waals surface area contributed by atoms with Crippen molar-refractivity contribution in [3.63, 3.8) is 0 Å². The van der Waals surface area contributed by atoms with E-state index < -0.39 is 0 Å². The minimum Gasteiger partial charge on any atom is -0.339 e. The fourth-order valence-corrected chi connectivity index (χ4v) is 5.03. The number of rotatable bonds is 6. The molecular weight excluding hydrogens is 454 g/mol. The summed E-state index contributed by atoms with van der Waals surface area (Å²) in [5.41, 5.74) is 2.12. The van der Waals surface area contributed by atoms with Crippen molar-refractivity contribution in [1.29, 1.82) is 0 Å². The highest BCUT2D eigenvalue weighted by Gasteiger charge is 2.27. The molecule has 0 atom stereocenters. The van der Waals surface area contributed by atoms with Crippen LogP contribution in [0.1, 0.15) is 54.8 Å². The second-order valence-corrected chi connectivity index (χ2v) is 9.67. The molecule has 1 N–H and O–H groups in total. The molecule has 2 aliphatic heterocycles. The average Bonchev–Trinajstić information content (AvgIpc) is 3.21. The molecule has 0 unspecified atom stereocenters. The Labute approximate surface area is 211 Å². The highest BCUT2D eigenvalue weighted by atomic mass is 16.5. The summed E-state index contributed by atoms with van der Waals surface area (Å²) < 4.78 is 5.45. The predicted octanol–water partition coefficient (Wildman–Crippen LogP) is 4.60. The van der Waals surface area contributed by atoms with E-state index in [4.69, 9.17) is 4.52 Å². The van der Waals surface area contributed by atoms with Gasteiger partial charge in [0.05, 0.1) is 17.8 Å². The maximum Gasteiger partial charge on any atom is 0.255 e. The van der Waals surface area contributed by atoms with Gasteiger partial charge in [-0.05, 0) is 50.9 Å². The van der Waals surface area contributed by atoms with Crippen LogP contribution in [0.4, 0.5) is 5.69 Å². The number of aromatic nitrogens is 2. The minimum atomic E-state index is -0.0924. The van der Waals surface area contributed by atoms with E-state index in [2.05, 4.69) is 20.4 Å². The molecule has 2 saturated heterocycles. The quantitative estimate of drug-likeness (QED) is 0.546. The third-order valence-corrected chi connectivity index (χ3v) is 7.13. The second-order valence-electron chi connectivity index (χ2n) is 9.67. The molecule has 0 radical (unpaired) electrons. The number of likely N-dealkylation sites (tertiary alicyclic amines) is 2. The van der Waals surface area contributed by atoms with E-state index in [-0.39, 0.29) is 17.7 Å². The highest BCUT2D eigenvalue weighted by Crippen LogP contribution is 2.24. The lowest BCUT2D eigenvalue weighted by atomic mass is 9.95. The van der Waals surface area contributed by atoms with E-state index in [1.807, 2.05) is 59.5 Å². The molecule has 0 saturated carbocycles. The Morgan fingerprint density at radius 2 is 1.58 bits per heavy atom. The van der Waals surface area contributed by atoms with Crippen LogP contribution in [0.15, 0.2) is 59.1 Å². The lowest BCUT2D eigenvalue weighted by Crippen LogP contribution is -2.38. The van der Waals surface area contributed by atoms with Gasteiger partial charge in [-0.15, -0.1) is 0 Å². The monoisotopic (exact) mass is 487 g/mol. The van der Waals surface area contributed by atoms with Crippen molar-refractivity contribution in [3.8, 4) is 11.4 Å². The third-order valence-electron chi connectivity index (χ3n) is 7.13.